The lowest BCUT2D eigenvalue weighted by Crippen LogP contribution is -2.32. The van der Waals surface area contributed by atoms with E-state index in [9.17, 15) is 0 Å². The van der Waals surface area contributed by atoms with Crippen molar-refractivity contribution in [2.45, 2.75) is 38.6 Å². The van der Waals surface area contributed by atoms with Crippen LogP contribution >= 0.6 is 15.9 Å². The maximum absolute atomic E-state index is 3.75. The van der Waals surface area contributed by atoms with Gasteiger partial charge >= 0.3 is 0 Å². The lowest BCUT2D eigenvalue weighted by Gasteiger charge is -2.35. The van der Waals surface area contributed by atoms with Crippen LogP contribution in [0.25, 0.3) is 10.8 Å². The zero-order valence-electron chi connectivity index (χ0n) is 12.0. The first-order valence-corrected chi connectivity index (χ1v) is 8.50. The van der Waals surface area contributed by atoms with Crippen LogP contribution in [0.3, 0.4) is 0 Å². The summed E-state index contributed by atoms with van der Waals surface area (Å²) in [4.78, 5) is 0. The zero-order valence-corrected chi connectivity index (χ0v) is 13.6. The van der Waals surface area contributed by atoms with E-state index in [1.807, 2.05) is 0 Å². The van der Waals surface area contributed by atoms with Crippen LogP contribution < -0.4 is 5.32 Å². The van der Waals surface area contributed by atoms with Gasteiger partial charge in [-0.1, -0.05) is 47.5 Å². The predicted molar refractivity (Wildman–Crippen MR) is 90.0 cm³/mol. The lowest BCUT2D eigenvalue weighted by molar-refractivity contribution is 0.231. The minimum atomic E-state index is 0.539. The summed E-state index contributed by atoms with van der Waals surface area (Å²) < 4.78 is 1.15. The van der Waals surface area contributed by atoms with E-state index < -0.39 is 0 Å². The second-order valence-corrected chi connectivity index (χ2v) is 6.79. The Morgan fingerprint density at radius 3 is 2.60 bits per heavy atom. The summed E-state index contributed by atoms with van der Waals surface area (Å²) in [5, 5.41) is 6.41. The van der Waals surface area contributed by atoms with Crippen molar-refractivity contribution in [2.24, 2.45) is 5.92 Å². The number of benzene rings is 2. The molecule has 106 valence electrons. The Morgan fingerprint density at radius 2 is 1.90 bits per heavy atom. The van der Waals surface area contributed by atoms with E-state index in [1.54, 1.807) is 0 Å². The highest BCUT2D eigenvalue weighted by Gasteiger charge is 2.27. The van der Waals surface area contributed by atoms with Crippen LogP contribution in [-0.4, -0.2) is 6.54 Å². The SMILES string of the molecule is CCCNC(c1ccc2cc(Br)ccc2c1)C1CCC1. The average Bonchev–Trinajstić information content (AvgIpc) is 2.40. The molecule has 1 fully saturated rings. The summed E-state index contributed by atoms with van der Waals surface area (Å²) >= 11 is 3.55. The highest BCUT2D eigenvalue weighted by Crippen LogP contribution is 2.38. The van der Waals surface area contributed by atoms with E-state index in [-0.39, 0.29) is 0 Å². The summed E-state index contributed by atoms with van der Waals surface area (Å²) in [6, 6.07) is 14.0. The molecule has 20 heavy (non-hydrogen) atoms. The molecule has 1 atom stereocenters. The van der Waals surface area contributed by atoms with Gasteiger partial charge in [0.25, 0.3) is 0 Å². The van der Waals surface area contributed by atoms with Crippen LogP contribution in [0.15, 0.2) is 40.9 Å². The summed E-state index contributed by atoms with van der Waals surface area (Å²) in [5.74, 6) is 0.828. The van der Waals surface area contributed by atoms with Crippen LogP contribution in [0.4, 0.5) is 0 Å². The van der Waals surface area contributed by atoms with Gasteiger partial charge in [-0.3, -0.25) is 0 Å². The van der Waals surface area contributed by atoms with Crippen molar-refractivity contribution in [3.05, 3.63) is 46.4 Å². The van der Waals surface area contributed by atoms with Gasteiger partial charge in [-0.15, -0.1) is 0 Å². The molecule has 3 rings (SSSR count). The number of rotatable bonds is 5. The van der Waals surface area contributed by atoms with Crippen molar-refractivity contribution in [2.75, 3.05) is 6.54 Å². The van der Waals surface area contributed by atoms with Crippen molar-refractivity contribution >= 4 is 26.7 Å². The Hall–Kier alpha value is -0.860. The molecule has 0 bridgehead atoms. The van der Waals surface area contributed by atoms with Crippen molar-refractivity contribution in [3.63, 3.8) is 0 Å². The molecule has 1 unspecified atom stereocenters. The molecule has 1 nitrogen and oxygen atoms in total. The lowest BCUT2D eigenvalue weighted by atomic mass is 9.77. The number of fused-ring (bicyclic) bond motifs is 1. The Kier molecular flexibility index (Phi) is 4.42. The first-order chi connectivity index (χ1) is 9.78. The predicted octanol–water partition coefficient (Wildman–Crippen LogP) is 5.44. The number of hydrogen-bond acceptors (Lipinski definition) is 1. The first kappa shape index (κ1) is 14.1. The molecule has 2 aromatic carbocycles. The fourth-order valence-corrected chi connectivity index (χ4v) is 3.44. The van der Waals surface area contributed by atoms with E-state index in [1.165, 1.54) is 42.0 Å². The van der Waals surface area contributed by atoms with Gasteiger partial charge in [0.05, 0.1) is 0 Å². The Morgan fingerprint density at radius 1 is 1.15 bits per heavy atom. The minimum absolute atomic E-state index is 0.539. The largest absolute Gasteiger partial charge is 0.310 e. The van der Waals surface area contributed by atoms with Crippen molar-refractivity contribution in [1.29, 1.82) is 0 Å². The Labute approximate surface area is 129 Å². The molecular formula is C18H22BrN. The molecule has 1 saturated carbocycles. The van der Waals surface area contributed by atoms with Gasteiger partial charge in [0.2, 0.25) is 0 Å². The van der Waals surface area contributed by atoms with Crippen molar-refractivity contribution in [3.8, 4) is 0 Å². The molecule has 0 saturated heterocycles. The molecular weight excluding hydrogens is 310 g/mol. The maximum atomic E-state index is 3.75. The zero-order chi connectivity index (χ0) is 13.9. The van der Waals surface area contributed by atoms with Crippen LogP contribution in [0.2, 0.25) is 0 Å². The maximum Gasteiger partial charge on any atom is 0.0348 e. The molecule has 1 N–H and O–H groups in total. The normalized spacial score (nSPS) is 17.1. The third kappa shape index (κ3) is 2.91. The van der Waals surface area contributed by atoms with Crippen molar-refractivity contribution < 1.29 is 0 Å². The van der Waals surface area contributed by atoms with Gasteiger partial charge in [-0.05, 0) is 66.3 Å². The fraction of sp³-hybridized carbons (Fsp3) is 0.444. The van der Waals surface area contributed by atoms with E-state index in [0.717, 1.165) is 16.9 Å². The monoisotopic (exact) mass is 331 g/mol. The Bertz CT molecular complexity index is 589. The second kappa shape index (κ2) is 6.28. The van der Waals surface area contributed by atoms with Crippen LogP contribution in [0.5, 0.6) is 0 Å². The van der Waals surface area contributed by atoms with Gasteiger partial charge in [-0.25, -0.2) is 0 Å². The van der Waals surface area contributed by atoms with Crippen LogP contribution in [0.1, 0.15) is 44.2 Å². The molecule has 1 aliphatic rings. The topological polar surface area (TPSA) is 12.0 Å². The van der Waals surface area contributed by atoms with E-state index in [4.69, 9.17) is 0 Å². The quantitative estimate of drug-likeness (QED) is 0.768. The van der Waals surface area contributed by atoms with E-state index in [2.05, 4.69) is 64.6 Å². The summed E-state index contributed by atoms with van der Waals surface area (Å²) in [7, 11) is 0. The number of halogens is 1. The molecule has 0 heterocycles. The molecule has 0 amide bonds. The number of nitrogens with one attached hydrogen (secondary N) is 1. The molecule has 0 radical (unpaired) electrons. The molecule has 0 spiro atoms. The molecule has 0 aromatic heterocycles. The van der Waals surface area contributed by atoms with E-state index >= 15 is 0 Å². The first-order valence-electron chi connectivity index (χ1n) is 7.70. The Balaban J connectivity index is 1.91. The fourth-order valence-electron chi connectivity index (χ4n) is 3.06. The van der Waals surface area contributed by atoms with Crippen molar-refractivity contribution in [1.82, 2.24) is 5.32 Å². The highest BCUT2D eigenvalue weighted by molar-refractivity contribution is 9.10. The van der Waals surface area contributed by atoms with E-state index in [0.29, 0.717) is 6.04 Å². The van der Waals surface area contributed by atoms with Gasteiger partial charge in [0.15, 0.2) is 0 Å². The highest BCUT2D eigenvalue weighted by atomic mass is 79.9. The van der Waals surface area contributed by atoms with Gasteiger partial charge in [-0.2, -0.15) is 0 Å². The third-order valence-corrected chi connectivity index (χ3v) is 4.91. The van der Waals surface area contributed by atoms with Gasteiger partial charge in [0, 0.05) is 10.5 Å². The molecule has 1 aliphatic carbocycles. The molecule has 2 aromatic rings. The van der Waals surface area contributed by atoms with Gasteiger partial charge < -0.3 is 5.32 Å². The molecule has 2 heteroatoms. The third-order valence-electron chi connectivity index (χ3n) is 4.42. The average molecular weight is 332 g/mol. The number of hydrogen-bond donors (Lipinski definition) is 1. The summed E-state index contributed by atoms with van der Waals surface area (Å²) in [5.41, 5.74) is 1.46. The standard InChI is InChI=1S/C18H22BrN/c1-2-10-20-18(13-4-3-5-13)16-7-6-15-12-17(19)9-8-14(15)11-16/h6-9,11-13,18,20H,2-5,10H2,1H3. The van der Waals surface area contributed by atoms with Crippen LogP contribution in [-0.2, 0) is 0 Å². The molecule has 0 aliphatic heterocycles. The van der Waals surface area contributed by atoms with Gasteiger partial charge in [0.1, 0.15) is 0 Å². The minimum Gasteiger partial charge on any atom is -0.310 e. The summed E-state index contributed by atoms with van der Waals surface area (Å²) in [6.45, 7) is 3.35. The van der Waals surface area contributed by atoms with Crippen LogP contribution in [0, 0.1) is 5.92 Å². The second-order valence-electron chi connectivity index (χ2n) is 5.87. The summed E-state index contributed by atoms with van der Waals surface area (Å²) in [6.07, 6.45) is 5.35. The smallest absolute Gasteiger partial charge is 0.0348 e.